The maximum absolute atomic E-state index is 13.5. The van der Waals surface area contributed by atoms with E-state index in [2.05, 4.69) is 5.32 Å². The van der Waals surface area contributed by atoms with Crippen molar-refractivity contribution in [1.29, 1.82) is 0 Å². The van der Waals surface area contributed by atoms with Crippen LogP contribution in [0.25, 0.3) is 0 Å². The normalized spacial score (nSPS) is 19.2. The van der Waals surface area contributed by atoms with Crippen molar-refractivity contribution in [1.82, 2.24) is 0 Å². The molecule has 1 unspecified atom stereocenters. The van der Waals surface area contributed by atoms with Crippen LogP contribution in [0.5, 0.6) is 0 Å². The molecule has 0 spiro atoms. The molecule has 16 heavy (non-hydrogen) atoms. The molecular formula is C12H15FN2O. The summed E-state index contributed by atoms with van der Waals surface area (Å²) in [7, 11) is 0. The van der Waals surface area contributed by atoms with Gasteiger partial charge in [0.05, 0.1) is 5.41 Å². The van der Waals surface area contributed by atoms with Crippen LogP contribution in [0.2, 0.25) is 0 Å². The van der Waals surface area contributed by atoms with E-state index in [1.807, 2.05) is 0 Å². The maximum atomic E-state index is 13.5. The Bertz CT molecular complexity index is 466. The van der Waals surface area contributed by atoms with E-state index in [1.165, 1.54) is 12.1 Å². The van der Waals surface area contributed by atoms with Crippen LogP contribution in [0.15, 0.2) is 12.1 Å². The highest BCUT2D eigenvalue weighted by Gasteiger charge is 2.40. The molecule has 1 amide bonds. The molecule has 2 rings (SSSR count). The minimum absolute atomic E-state index is 0.116. The number of benzene rings is 1. The predicted octanol–water partition coefficient (Wildman–Crippen LogP) is 2.08. The van der Waals surface area contributed by atoms with E-state index in [0.29, 0.717) is 16.8 Å². The van der Waals surface area contributed by atoms with Crippen molar-refractivity contribution in [3.63, 3.8) is 0 Å². The molecule has 3 N–H and O–H groups in total. The molecule has 0 fully saturated rings. The number of carbonyl (C=O) groups is 1. The van der Waals surface area contributed by atoms with Crippen LogP contribution in [-0.4, -0.2) is 5.91 Å². The zero-order valence-corrected chi connectivity index (χ0v) is 9.60. The van der Waals surface area contributed by atoms with Gasteiger partial charge in [0.25, 0.3) is 0 Å². The van der Waals surface area contributed by atoms with E-state index >= 15 is 0 Å². The lowest BCUT2D eigenvalue weighted by Crippen LogP contribution is -2.26. The smallest absolute Gasteiger partial charge is 0.234 e. The van der Waals surface area contributed by atoms with Crippen molar-refractivity contribution in [2.24, 2.45) is 5.73 Å². The number of hydrogen-bond acceptors (Lipinski definition) is 2. The fourth-order valence-corrected chi connectivity index (χ4v) is 2.01. The third kappa shape index (κ3) is 1.41. The van der Waals surface area contributed by atoms with E-state index < -0.39 is 5.41 Å². The highest BCUT2D eigenvalue weighted by atomic mass is 19.1. The molecule has 0 radical (unpaired) electrons. The number of nitrogens with two attached hydrogens (primary N) is 1. The standard InChI is InChI=1S/C12H15FN2O/c1-6(14)8-4-7(13)5-9-10(8)15-11(16)12(9,2)3/h4-6H,14H2,1-3H3,(H,15,16). The zero-order chi connectivity index (χ0) is 12.1. The van der Waals surface area contributed by atoms with Gasteiger partial charge in [-0.05, 0) is 44.0 Å². The second-order valence-electron chi connectivity index (χ2n) is 4.79. The molecule has 1 aliphatic heterocycles. The molecule has 1 aliphatic rings. The lowest BCUT2D eigenvalue weighted by atomic mass is 9.85. The number of halogens is 1. The van der Waals surface area contributed by atoms with Gasteiger partial charge in [-0.2, -0.15) is 0 Å². The Hall–Kier alpha value is -1.42. The molecular weight excluding hydrogens is 207 g/mol. The van der Waals surface area contributed by atoms with Crippen molar-refractivity contribution in [2.75, 3.05) is 5.32 Å². The lowest BCUT2D eigenvalue weighted by molar-refractivity contribution is -0.119. The van der Waals surface area contributed by atoms with Crippen LogP contribution in [0, 0.1) is 5.82 Å². The first-order valence-corrected chi connectivity index (χ1v) is 5.25. The Labute approximate surface area is 93.8 Å². The van der Waals surface area contributed by atoms with Gasteiger partial charge in [0.2, 0.25) is 5.91 Å². The highest BCUT2D eigenvalue weighted by molar-refractivity contribution is 6.06. The average molecular weight is 222 g/mol. The molecule has 0 aliphatic carbocycles. The van der Waals surface area contributed by atoms with Gasteiger partial charge >= 0.3 is 0 Å². The molecule has 0 saturated heterocycles. The number of hydrogen-bond donors (Lipinski definition) is 2. The van der Waals surface area contributed by atoms with Gasteiger partial charge in [-0.15, -0.1) is 0 Å². The lowest BCUT2D eigenvalue weighted by Gasteiger charge is -2.16. The van der Waals surface area contributed by atoms with E-state index in [4.69, 9.17) is 5.73 Å². The van der Waals surface area contributed by atoms with E-state index in [-0.39, 0.29) is 17.8 Å². The minimum Gasteiger partial charge on any atom is -0.325 e. The number of amides is 1. The molecule has 1 heterocycles. The van der Waals surface area contributed by atoms with Crippen LogP contribution < -0.4 is 11.1 Å². The summed E-state index contributed by atoms with van der Waals surface area (Å²) in [5.74, 6) is -0.467. The third-order valence-corrected chi connectivity index (χ3v) is 3.10. The van der Waals surface area contributed by atoms with Gasteiger partial charge in [0, 0.05) is 11.7 Å². The van der Waals surface area contributed by atoms with Crippen LogP contribution in [0.4, 0.5) is 10.1 Å². The van der Waals surface area contributed by atoms with Crippen molar-refractivity contribution in [3.8, 4) is 0 Å². The van der Waals surface area contributed by atoms with Crippen molar-refractivity contribution in [2.45, 2.75) is 32.2 Å². The molecule has 0 aromatic heterocycles. The molecule has 1 atom stereocenters. The number of rotatable bonds is 1. The number of nitrogens with one attached hydrogen (secondary N) is 1. The molecule has 1 aromatic rings. The van der Waals surface area contributed by atoms with E-state index in [1.54, 1.807) is 20.8 Å². The van der Waals surface area contributed by atoms with Gasteiger partial charge in [0.1, 0.15) is 5.82 Å². The Morgan fingerprint density at radius 1 is 1.44 bits per heavy atom. The highest BCUT2D eigenvalue weighted by Crippen LogP contribution is 2.41. The van der Waals surface area contributed by atoms with Crippen LogP contribution >= 0.6 is 0 Å². The largest absolute Gasteiger partial charge is 0.325 e. The van der Waals surface area contributed by atoms with Crippen LogP contribution in [0.3, 0.4) is 0 Å². The first-order valence-electron chi connectivity index (χ1n) is 5.25. The zero-order valence-electron chi connectivity index (χ0n) is 9.60. The predicted molar refractivity (Wildman–Crippen MR) is 60.7 cm³/mol. The summed E-state index contributed by atoms with van der Waals surface area (Å²) in [5, 5.41) is 2.78. The quantitative estimate of drug-likeness (QED) is 0.764. The summed E-state index contributed by atoms with van der Waals surface area (Å²) in [4.78, 5) is 11.8. The molecule has 4 heteroatoms. The van der Waals surface area contributed by atoms with E-state index in [0.717, 1.165) is 0 Å². The molecule has 1 aromatic carbocycles. The Balaban J connectivity index is 2.70. The summed E-state index contributed by atoms with van der Waals surface area (Å²) >= 11 is 0. The van der Waals surface area contributed by atoms with E-state index in [9.17, 15) is 9.18 Å². The second-order valence-corrected chi connectivity index (χ2v) is 4.79. The monoisotopic (exact) mass is 222 g/mol. The summed E-state index contributed by atoms with van der Waals surface area (Å²) in [5.41, 5.74) is 7.08. The SMILES string of the molecule is CC(N)c1cc(F)cc2c1NC(=O)C2(C)C. The van der Waals surface area contributed by atoms with Crippen molar-refractivity contribution >= 4 is 11.6 Å². The second kappa shape index (κ2) is 3.28. The Morgan fingerprint density at radius 2 is 2.06 bits per heavy atom. The first kappa shape index (κ1) is 11.1. The van der Waals surface area contributed by atoms with Gasteiger partial charge in [-0.3, -0.25) is 4.79 Å². The average Bonchev–Trinajstić information content (AvgIpc) is 2.39. The molecule has 0 bridgehead atoms. The van der Waals surface area contributed by atoms with Gasteiger partial charge in [-0.1, -0.05) is 0 Å². The fraction of sp³-hybridized carbons (Fsp3) is 0.417. The first-order chi connectivity index (χ1) is 7.34. The third-order valence-electron chi connectivity index (χ3n) is 3.10. The Morgan fingerprint density at radius 3 is 2.62 bits per heavy atom. The topological polar surface area (TPSA) is 55.1 Å². The maximum Gasteiger partial charge on any atom is 0.234 e. The van der Waals surface area contributed by atoms with Crippen LogP contribution in [-0.2, 0) is 10.2 Å². The fourth-order valence-electron chi connectivity index (χ4n) is 2.01. The summed E-state index contributed by atoms with van der Waals surface area (Å²) in [6.45, 7) is 5.32. The minimum atomic E-state index is -0.693. The van der Waals surface area contributed by atoms with Crippen molar-refractivity contribution in [3.05, 3.63) is 29.1 Å². The Kier molecular flexibility index (Phi) is 2.27. The van der Waals surface area contributed by atoms with Crippen LogP contribution in [0.1, 0.15) is 37.9 Å². The van der Waals surface area contributed by atoms with Gasteiger partial charge in [0.15, 0.2) is 0 Å². The molecule has 0 saturated carbocycles. The number of anilines is 1. The summed E-state index contributed by atoms with van der Waals surface area (Å²) < 4.78 is 13.5. The van der Waals surface area contributed by atoms with Gasteiger partial charge in [-0.25, -0.2) is 4.39 Å². The van der Waals surface area contributed by atoms with Crippen molar-refractivity contribution < 1.29 is 9.18 Å². The molecule has 3 nitrogen and oxygen atoms in total. The summed E-state index contributed by atoms with van der Waals surface area (Å²) in [6, 6.07) is 2.48. The number of carbonyl (C=O) groups excluding carboxylic acids is 1. The number of fused-ring (bicyclic) bond motifs is 1. The molecule has 86 valence electrons. The van der Waals surface area contributed by atoms with Gasteiger partial charge < -0.3 is 11.1 Å². The summed E-state index contributed by atoms with van der Waals surface area (Å²) in [6.07, 6.45) is 0.